The molecule has 2 aromatic rings. The molecule has 0 N–H and O–H groups in total. The van der Waals surface area contributed by atoms with Gasteiger partial charge in [0.1, 0.15) is 0 Å². The van der Waals surface area contributed by atoms with Gasteiger partial charge in [-0.25, -0.2) is 0 Å². The third-order valence-electron chi connectivity index (χ3n) is 2.69. The maximum absolute atomic E-state index is 6.62. The van der Waals surface area contributed by atoms with Crippen molar-refractivity contribution in [2.45, 2.75) is 13.3 Å². The van der Waals surface area contributed by atoms with Crippen molar-refractivity contribution in [3.05, 3.63) is 69.3 Å². The fraction of sp³-hybridized carbons (Fsp3) is 0.200. The number of hydrogen-bond acceptors (Lipinski definition) is 0. The molecule has 0 spiro atoms. The molecule has 0 aromatic heterocycles. The summed E-state index contributed by atoms with van der Waals surface area (Å²) < 4.78 is 2.55. The molecule has 0 aliphatic rings. The second-order valence-electron chi connectivity index (χ2n) is 3.98. The molecule has 90 valence electrons. The Hall–Kier alpha value is -0.540. The van der Waals surface area contributed by atoms with Crippen LogP contribution >= 0.6 is 27.6 Å². The van der Waals surface area contributed by atoms with Crippen molar-refractivity contribution in [3.63, 3.8) is 0 Å². The number of hydrogen-bond donors (Lipinski definition) is 0. The molecule has 0 bridgehead atoms. The molecule has 0 amide bonds. The Bertz CT molecular complexity index is 467. The van der Waals surface area contributed by atoms with E-state index in [2.05, 4.69) is 61.5 Å². The van der Waals surface area contributed by atoms with Crippen molar-refractivity contribution in [2.75, 3.05) is 4.43 Å². The van der Waals surface area contributed by atoms with Gasteiger partial charge in [-0.1, -0.05) is 0 Å². The summed E-state index contributed by atoms with van der Waals surface area (Å²) in [6, 6.07) is 19.1. The Morgan fingerprint density at radius 1 is 0.941 bits per heavy atom. The normalized spacial score (nSPS) is 11.3. The van der Waals surface area contributed by atoms with Gasteiger partial charge < -0.3 is 0 Å². The first-order valence-electron chi connectivity index (χ1n) is 5.69. The minimum absolute atomic E-state index is 1.10. The zero-order valence-corrected chi connectivity index (χ0v) is 12.8. The Morgan fingerprint density at radius 2 is 1.59 bits per heavy atom. The summed E-state index contributed by atoms with van der Waals surface area (Å²) in [4.78, 5) is 0. The van der Waals surface area contributed by atoms with Gasteiger partial charge in [-0.2, -0.15) is 0 Å². The first-order chi connectivity index (χ1) is 8.27. The predicted octanol–water partition coefficient (Wildman–Crippen LogP) is 5.07. The van der Waals surface area contributed by atoms with E-state index in [0.717, 1.165) is 10.8 Å². The van der Waals surface area contributed by atoms with Gasteiger partial charge in [0.25, 0.3) is 0 Å². The van der Waals surface area contributed by atoms with Gasteiger partial charge in [0.05, 0.1) is 0 Å². The van der Waals surface area contributed by atoms with Crippen LogP contribution in [-0.2, 0) is 6.42 Å². The van der Waals surface area contributed by atoms with E-state index in [-0.39, 0.29) is 0 Å². The molecule has 0 nitrogen and oxygen atoms in total. The van der Waals surface area contributed by atoms with Crippen molar-refractivity contribution >= 4 is 27.6 Å². The molecule has 0 unspecified atom stereocenters. The second kappa shape index (κ2) is 6.41. The van der Waals surface area contributed by atoms with Gasteiger partial charge in [0.2, 0.25) is 0 Å². The summed E-state index contributed by atoms with van der Waals surface area (Å²) in [7, 11) is 6.62. The van der Waals surface area contributed by atoms with Crippen LogP contribution in [-0.4, -0.2) is 4.43 Å². The van der Waals surface area contributed by atoms with Crippen LogP contribution in [0.4, 0.5) is 0 Å². The summed E-state index contributed by atoms with van der Waals surface area (Å²) in [5.41, 5.74) is 2.74. The second-order valence-corrected chi connectivity index (χ2v) is 10.3. The first-order valence-corrected chi connectivity index (χ1v) is 11.0. The minimum atomic E-state index is -1.48. The molecule has 0 saturated carbocycles. The third-order valence-corrected chi connectivity index (χ3v) is 8.64. The number of aryl methyl sites for hydroxylation is 2. The maximum atomic E-state index is 6.62. The average molecular weight is 359 g/mol. The van der Waals surface area contributed by atoms with Crippen molar-refractivity contribution < 1.29 is 0 Å². The molecule has 17 heavy (non-hydrogen) atoms. The van der Waals surface area contributed by atoms with Crippen molar-refractivity contribution in [2.24, 2.45) is 0 Å². The molecule has 2 aromatic carbocycles. The summed E-state index contributed by atoms with van der Waals surface area (Å²) in [5.74, 6) is 0. The van der Waals surface area contributed by atoms with Gasteiger partial charge >= 0.3 is 115 Å². The van der Waals surface area contributed by atoms with E-state index in [4.69, 9.17) is 8.91 Å². The van der Waals surface area contributed by atoms with E-state index >= 15 is 0 Å². The van der Waals surface area contributed by atoms with Gasteiger partial charge in [0, 0.05) is 0 Å². The van der Waals surface area contributed by atoms with Gasteiger partial charge in [-0.05, 0) is 0 Å². The molecule has 0 atom stereocenters. The topological polar surface area (TPSA) is 0 Å². The Morgan fingerprint density at radius 3 is 2.29 bits per heavy atom. The summed E-state index contributed by atoms with van der Waals surface area (Å²) in [6.45, 7) is 2.16. The number of rotatable bonds is 4. The molecule has 0 fully saturated rings. The molecule has 0 saturated heterocycles. The molecule has 0 heterocycles. The van der Waals surface area contributed by atoms with Crippen LogP contribution in [0.2, 0.25) is 0 Å². The van der Waals surface area contributed by atoms with Crippen LogP contribution in [0.25, 0.3) is 0 Å². The number of alkyl halides is 1. The number of benzene rings is 2. The fourth-order valence-electron chi connectivity index (χ4n) is 1.72. The van der Waals surface area contributed by atoms with Crippen LogP contribution in [0, 0.1) is 10.5 Å². The van der Waals surface area contributed by atoms with Crippen LogP contribution in [0.1, 0.15) is 11.1 Å². The molecule has 2 heteroatoms. The van der Waals surface area contributed by atoms with E-state index in [1.54, 1.807) is 0 Å². The SMILES string of the molecule is Cc1ccccc1I(Cl)CCc1ccccc1. The standard InChI is InChI=1S/C15H16ClI/c1-13-7-5-6-10-15(13)17(16)12-11-14-8-3-2-4-9-14/h2-10H,11-12H2,1H3. The Balaban J connectivity index is 1.99. The molecule has 0 aliphatic carbocycles. The van der Waals surface area contributed by atoms with E-state index in [1.165, 1.54) is 14.7 Å². The zero-order chi connectivity index (χ0) is 12.1. The monoisotopic (exact) mass is 358 g/mol. The molecule has 0 aliphatic heterocycles. The van der Waals surface area contributed by atoms with Crippen molar-refractivity contribution in [1.29, 1.82) is 0 Å². The van der Waals surface area contributed by atoms with Crippen LogP contribution < -0.4 is 0 Å². The predicted molar refractivity (Wildman–Crippen MR) is 84.8 cm³/mol. The van der Waals surface area contributed by atoms with Gasteiger partial charge in [-0.3, -0.25) is 0 Å². The van der Waals surface area contributed by atoms with Crippen LogP contribution in [0.5, 0.6) is 0 Å². The van der Waals surface area contributed by atoms with Crippen molar-refractivity contribution in [3.8, 4) is 0 Å². The van der Waals surface area contributed by atoms with E-state index in [1.807, 2.05) is 0 Å². The van der Waals surface area contributed by atoms with Crippen LogP contribution in [0.15, 0.2) is 54.6 Å². The Labute approximate surface area is 114 Å². The van der Waals surface area contributed by atoms with Crippen LogP contribution in [0.3, 0.4) is 0 Å². The van der Waals surface area contributed by atoms with Gasteiger partial charge in [0.15, 0.2) is 0 Å². The van der Waals surface area contributed by atoms with Crippen molar-refractivity contribution in [1.82, 2.24) is 0 Å². The van der Waals surface area contributed by atoms with E-state index in [0.29, 0.717) is 0 Å². The average Bonchev–Trinajstić information content (AvgIpc) is 2.38. The first kappa shape index (κ1) is 12.9. The number of halogens is 2. The summed E-state index contributed by atoms with van der Waals surface area (Å²) in [5, 5.41) is 0. The molecular formula is C15H16ClI. The summed E-state index contributed by atoms with van der Waals surface area (Å²) >= 11 is -1.48. The molecular weight excluding hydrogens is 343 g/mol. The third kappa shape index (κ3) is 3.71. The van der Waals surface area contributed by atoms with Gasteiger partial charge in [-0.15, -0.1) is 0 Å². The Kier molecular flexibility index (Phi) is 4.86. The quantitative estimate of drug-likeness (QED) is 0.529. The van der Waals surface area contributed by atoms with E-state index < -0.39 is 18.7 Å². The van der Waals surface area contributed by atoms with E-state index in [9.17, 15) is 0 Å². The fourth-order valence-corrected chi connectivity index (χ4v) is 6.65. The molecule has 0 radical (unpaired) electrons. The summed E-state index contributed by atoms with van der Waals surface area (Å²) in [6.07, 6.45) is 1.10. The molecule has 2 rings (SSSR count). The zero-order valence-electron chi connectivity index (χ0n) is 9.87.